The SMILES string of the molecule is CCCC(C)(O)CNCc1ccc(CC(=O)O)cc1. The van der Waals surface area contributed by atoms with Crippen LogP contribution in [-0.4, -0.2) is 28.3 Å². The maximum Gasteiger partial charge on any atom is 0.307 e. The molecule has 0 bridgehead atoms. The number of carboxylic acid groups (broad SMARTS) is 1. The number of nitrogens with one attached hydrogen (secondary N) is 1. The summed E-state index contributed by atoms with van der Waals surface area (Å²) in [6, 6.07) is 7.49. The van der Waals surface area contributed by atoms with Gasteiger partial charge in [0.1, 0.15) is 0 Å². The zero-order chi connectivity index (χ0) is 14.3. The van der Waals surface area contributed by atoms with Crippen LogP contribution in [0.4, 0.5) is 0 Å². The van der Waals surface area contributed by atoms with E-state index in [-0.39, 0.29) is 6.42 Å². The zero-order valence-electron chi connectivity index (χ0n) is 11.6. The minimum absolute atomic E-state index is 0.0545. The molecule has 0 spiro atoms. The molecule has 0 aromatic heterocycles. The lowest BCUT2D eigenvalue weighted by Crippen LogP contribution is -2.37. The predicted octanol–water partition coefficient (Wildman–Crippen LogP) is 1.95. The minimum atomic E-state index is -0.818. The van der Waals surface area contributed by atoms with Crippen molar-refractivity contribution in [1.29, 1.82) is 0 Å². The normalized spacial score (nSPS) is 14.1. The number of aliphatic hydroxyl groups is 1. The molecule has 0 aliphatic rings. The van der Waals surface area contributed by atoms with Crippen LogP contribution < -0.4 is 5.32 Å². The Morgan fingerprint density at radius 1 is 1.26 bits per heavy atom. The molecule has 4 nitrogen and oxygen atoms in total. The Labute approximate surface area is 114 Å². The largest absolute Gasteiger partial charge is 0.481 e. The second-order valence-electron chi connectivity index (χ2n) is 5.24. The summed E-state index contributed by atoms with van der Waals surface area (Å²) in [5.41, 5.74) is 1.22. The third-order valence-corrected chi connectivity index (χ3v) is 3.00. The molecule has 1 atom stereocenters. The summed E-state index contributed by atoms with van der Waals surface area (Å²) < 4.78 is 0. The molecule has 0 amide bonds. The highest BCUT2D eigenvalue weighted by molar-refractivity contribution is 5.70. The van der Waals surface area contributed by atoms with Crippen molar-refractivity contribution in [2.24, 2.45) is 0 Å². The van der Waals surface area contributed by atoms with Gasteiger partial charge in [-0.1, -0.05) is 37.6 Å². The van der Waals surface area contributed by atoms with Crippen molar-refractivity contribution in [3.8, 4) is 0 Å². The number of carboxylic acids is 1. The lowest BCUT2D eigenvalue weighted by atomic mass is 10.0. The van der Waals surface area contributed by atoms with Gasteiger partial charge in [0, 0.05) is 13.1 Å². The number of hydrogen-bond acceptors (Lipinski definition) is 3. The molecule has 0 saturated carbocycles. The molecule has 3 N–H and O–H groups in total. The molecule has 0 saturated heterocycles. The van der Waals surface area contributed by atoms with Gasteiger partial charge in [-0.25, -0.2) is 0 Å². The van der Waals surface area contributed by atoms with E-state index >= 15 is 0 Å². The summed E-state index contributed by atoms with van der Waals surface area (Å²) in [6.45, 7) is 5.11. The second kappa shape index (κ2) is 7.26. The summed E-state index contributed by atoms with van der Waals surface area (Å²) in [5.74, 6) is -0.818. The highest BCUT2D eigenvalue weighted by Gasteiger charge is 2.17. The van der Waals surface area contributed by atoms with Crippen LogP contribution in [0.15, 0.2) is 24.3 Å². The van der Waals surface area contributed by atoms with Gasteiger partial charge in [-0.15, -0.1) is 0 Å². The van der Waals surface area contributed by atoms with Gasteiger partial charge in [0.15, 0.2) is 0 Å². The average Bonchev–Trinajstić information content (AvgIpc) is 2.30. The maximum absolute atomic E-state index is 10.6. The maximum atomic E-state index is 10.6. The highest BCUT2D eigenvalue weighted by Crippen LogP contribution is 2.11. The Kier molecular flexibility index (Phi) is 5.99. The van der Waals surface area contributed by atoms with Gasteiger partial charge >= 0.3 is 5.97 Å². The Bertz CT molecular complexity index is 398. The van der Waals surface area contributed by atoms with Crippen LogP contribution in [0, 0.1) is 0 Å². The van der Waals surface area contributed by atoms with E-state index < -0.39 is 11.6 Å². The van der Waals surface area contributed by atoms with Gasteiger partial charge in [-0.05, 0) is 24.5 Å². The van der Waals surface area contributed by atoms with Crippen molar-refractivity contribution in [2.75, 3.05) is 6.54 Å². The van der Waals surface area contributed by atoms with Gasteiger partial charge < -0.3 is 15.5 Å². The minimum Gasteiger partial charge on any atom is -0.481 e. The summed E-state index contributed by atoms with van der Waals surface area (Å²) in [6.07, 6.45) is 1.79. The van der Waals surface area contributed by atoms with E-state index in [0.29, 0.717) is 13.1 Å². The molecule has 0 aliphatic carbocycles. The molecular formula is C15H23NO3. The molecule has 0 aliphatic heterocycles. The van der Waals surface area contributed by atoms with Crippen molar-refractivity contribution in [3.63, 3.8) is 0 Å². The van der Waals surface area contributed by atoms with Crippen LogP contribution in [0.3, 0.4) is 0 Å². The van der Waals surface area contributed by atoms with Crippen LogP contribution in [0.1, 0.15) is 37.8 Å². The highest BCUT2D eigenvalue weighted by atomic mass is 16.4. The van der Waals surface area contributed by atoms with Gasteiger partial charge in [0.05, 0.1) is 12.0 Å². The fourth-order valence-corrected chi connectivity index (χ4v) is 2.05. The van der Waals surface area contributed by atoms with Crippen molar-refractivity contribution in [2.45, 2.75) is 45.3 Å². The monoisotopic (exact) mass is 265 g/mol. The first-order valence-electron chi connectivity index (χ1n) is 6.65. The van der Waals surface area contributed by atoms with Crippen molar-refractivity contribution in [1.82, 2.24) is 5.32 Å². The van der Waals surface area contributed by atoms with E-state index in [1.807, 2.05) is 31.2 Å². The Balaban J connectivity index is 2.40. The molecule has 4 heteroatoms. The van der Waals surface area contributed by atoms with Gasteiger partial charge in [-0.2, -0.15) is 0 Å². The van der Waals surface area contributed by atoms with E-state index in [0.717, 1.165) is 24.0 Å². The first kappa shape index (κ1) is 15.7. The molecule has 19 heavy (non-hydrogen) atoms. The number of aliphatic carboxylic acids is 1. The van der Waals surface area contributed by atoms with Crippen LogP contribution >= 0.6 is 0 Å². The van der Waals surface area contributed by atoms with Crippen LogP contribution in [0.5, 0.6) is 0 Å². The Morgan fingerprint density at radius 2 is 1.84 bits per heavy atom. The third-order valence-electron chi connectivity index (χ3n) is 3.00. The topological polar surface area (TPSA) is 69.6 Å². The number of benzene rings is 1. The first-order valence-corrected chi connectivity index (χ1v) is 6.65. The van der Waals surface area contributed by atoms with Crippen molar-refractivity contribution in [3.05, 3.63) is 35.4 Å². The smallest absolute Gasteiger partial charge is 0.307 e. The van der Waals surface area contributed by atoms with Crippen LogP contribution in [-0.2, 0) is 17.8 Å². The summed E-state index contributed by atoms with van der Waals surface area (Å²) >= 11 is 0. The van der Waals surface area contributed by atoms with E-state index in [2.05, 4.69) is 12.2 Å². The lowest BCUT2D eigenvalue weighted by Gasteiger charge is -2.23. The third kappa shape index (κ3) is 6.36. The molecular weight excluding hydrogens is 242 g/mol. The fourth-order valence-electron chi connectivity index (χ4n) is 2.05. The summed E-state index contributed by atoms with van der Waals surface area (Å²) in [5, 5.41) is 21.9. The fraction of sp³-hybridized carbons (Fsp3) is 0.533. The van der Waals surface area contributed by atoms with Crippen molar-refractivity contribution < 1.29 is 15.0 Å². The van der Waals surface area contributed by atoms with Crippen LogP contribution in [0.25, 0.3) is 0 Å². The molecule has 0 fully saturated rings. The second-order valence-corrected chi connectivity index (χ2v) is 5.24. The van der Waals surface area contributed by atoms with Gasteiger partial charge in [0.2, 0.25) is 0 Å². The molecule has 1 aromatic carbocycles. The lowest BCUT2D eigenvalue weighted by molar-refractivity contribution is -0.136. The molecule has 1 unspecified atom stereocenters. The van der Waals surface area contributed by atoms with Crippen LogP contribution in [0.2, 0.25) is 0 Å². The number of hydrogen-bond donors (Lipinski definition) is 3. The van der Waals surface area contributed by atoms with Gasteiger partial charge in [0.25, 0.3) is 0 Å². The Morgan fingerprint density at radius 3 is 2.37 bits per heavy atom. The standard InChI is InChI=1S/C15H23NO3/c1-3-8-15(2,19)11-16-10-13-6-4-12(5-7-13)9-14(17)18/h4-7,16,19H,3,8-11H2,1-2H3,(H,17,18). The van der Waals surface area contributed by atoms with E-state index in [9.17, 15) is 9.90 Å². The Hall–Kier alpha value is -1.39. The number of carbonyl (C=O) groups is 1. The molecule has 106 valence electrons. The molecule has 0 heterocycles. The quantitative estimate of drug-likeness (QED) is 0.672. The van der Waals surface area contributed by atoms with E-state index in [4.69, 9.17) is 5.11 Å². The number of rotatable bonds is 8. The first-order chi connectivity index (χ1) is 8.93. The van der Waals surface area contributed by atoms with E-state index in [1.165, 1.54) is 0 Å². The molecule has 1 aromatic rings. The summed E-state index contributed by atoms with van der Waals surface area (Å²) in [4.78, 5) is 10.6. The van der Waals surface area contributed by atoms with Gasteiger partial charge in [-0.3, -0.25) is 4.79 Å². The van der Waals surface area contributed by atoms with Crippen molar-refractivity contribution >= 4 is 5.97 Å². The average molecular weight is 265 g/mol. The summed E-state index contributed by atoms with van der Waals surface area (Å²) in [7, 11) is 0. The molecule has 0 radical (unpaired) electrons. The predicted molar refractivity (Wildman–Crippen MR) is 75.0 cm³/mol. The van der Waals surface area contributed by atoms with E-state index in [1.54, 1.807) is 0 Å². The molecule has 1 rings (SSSR count). The zero-order valence-corrected chi connectivity index (χ0v) is 11.6.